The van der Waals surface area contributed by atoms with E-state index in [0.717, 1.165) is 24.3 Å². The topological polar surface area (TPSA) is 157 Å². The third-order valence-electron chi connectivity index (χ3n) is 3.87. The van der Waals surface area contributed by atoms with Crippen LogP contribution in [-0.4, -0.2) is 21.8 Å². The van der Waals surface area contributed by atoms with Gasteiger partial charge < -0.3 is 0 Å². The molecule has 0 heterocycles. The molecule has 0 N–H and O–H groups in total. The SMILES string of the molecule is O=C(OOI(OOC(=O)c1ccc([N+](=O)[O-])cc1)c1ccccc1)c1ccc([N+](=O)[O-])cc1. The van der Waals surface area contributed by atoms with Crippen molar-refractivity contribution < 1.29 is 35.6 Å². The van der Waals surface area contributed by atoms with Crippen LogP contribution in [0.1, 0.15) is 20.7 Å². The number of nitro benzene ring substituents is 2. The summed E-state index contributed by atoms with van der Waals surface area (Å²) in [7, 11) is 0. The number of carbonyl (C=O) groups is 2. The first-order valence-electron chi connectivity index (χ1n) is 8.88. The maximum atomic E-state index is 12.2. The number of hydrogen-bond donors (Lipinski definition) is 0. The average Bonchev–Trinajstić information content (AvgIpc) is 2.84. The van der Waals surface area contributed by atoms with Crippen molar-refractivity contribution in [3.8, 4) is 0 Å². The van der Waals surface area contributed by atoms with E-state index in [9.17, 15) is 29.8 Å². The summed E-state index contributed by atoms with van der Waals surface area (Å²) in [5.41, 5.74) is -0.418. The molecule has 0 spiro atoms. The van der Waals surface area contributed by atoms with Crippen molar-refractivity contribution in [3.63, 3.8) is 0 Å². The van der Waals surface area contributed by atoms with Crippen molar-refractivity contribution in [1.29, 1.82) is 0 Å². The molecule has 3 rings (SSSR count). The van der Waals surface area contributed by atoms with E-state index in [1.54, 1.807) is 30.3 Å². The zero-order valence-electron chi connectivity index (χ0n) is 16.4. The molecule has 0 fully saturated rings. The molecule has 0 saturated carbocycles. The van der Waals surface area contributed by atoms with E-state index in [4.69, 9.17) is 16.2 Å². The molecule has 0 unspecified atom stereocenters. The Hall–Kier alpha value is -3.95. The number of non-ortho nitro benzene ring substituents is 2. The van der Waals surface area contributed by atoms with Crippen LogP contribution in [0.5, 0.6) is 0 Å². The molecule has 170 valence electrons. The quantitative estimate of drug-likeness (QED) is 0.155. The van der Waals surface area contributed by atoms with Crippen LogP contribution in [0.3, 0.4) is 0 Å². The van der Waals surface area contributed by atoms with Gasteiger partial charge in [-0.15, -0.1) is 0 Å². The van der Waals surface area contributed by atoms with E-state index in [1.807, 2.05) is 0 Å². The van der Waals surface area contributed by atoms with Crippen molar-refractivity contribution in [2.24, 2.45) is 0 Å². The van der Waals surface area contributed by atoms with E-state index in [2.05, 4.69) is 0 Å². The van der Waals surface area contributed by atoms with Gasteiger partial charge >= 0.3 is 193 Å². The number of hydrogen-bond acceptors (Lipinski definition) is 10. The van der Waals surface area contributed by atoms with E-state index >= 15 is 0 Å². The van der Waals surface area contributed by atoms with Crippen LogP contribution in [-0.2, 0) is 16.2 Å². The molecule has 0 aliphatic carbocycles. The molecule has 3 aromatic rings. The van der Waals surface area contributed by atoms with Crippen LogP contribution in [0.15, 0.2) is 78.9 Å². The summed E-state index contributed by atoms with van der Waals surface area (Å²) in [5.74, 6) is -1.87. The van der Waals surface area contributed by atoms with Crippen molar-refractivity contribution in [2.45, 2.75) is 0 Å². The van der Waals surface area contributed by atoms with Gasteiger partial charge in [-0.3, -0.25) is 0 Å². The molecule has 0 amide bonds. The summed E-state index contributed by atoms with van der Waals surface area (Å²) in [4.78, 5) is 54.2. The van der Waals surface area contributed by atoms with Gasteiger partial charge in [0.15, 0.2) is 0 Å². The monoisotopic (exact) mass is 568 g/mol. The zero-order valence-corrected chi connectivity index (χ0v) is 18.5. The van der Waals surface area contributed by atoms with Gasteiger partial charge in [0.25, 0.3) is 0 Å². The van der Waals surface area contributed by atoms with Gasteiger partial charge in [-0.1, -0.05) is 0 Å². The number of nitro groups is 2. The molecule has 0 aromatic heterocycles. The van der Waals surface area contributed by atoms with Gasteiger partial charge in [0.2, 0.25) is 0 Å². The molecular formula is C20H13IN2O10. The van der Waals surface area contributed by atoms with Crippen LogP contribution < -0.4 is 0 Å². The molecule has 12 nitrogen and oxygen atoms in total. The van der Waals surface area contributed by atoms with Crippen molar-refractivity contribution in [3.05, 3.63) is 114 Å². The fourth-order valence-corrected chi connectivity index (χ4v) is 4.38. The van der Waals surface area contributed by atoms with Gasteiger partial charge in [0, 0.05) is 0 Å². The Labute approximate surface area is 193 Å². The first-order valence-corrected chi connectivity index (χ1v) is 11.7. The second kappa shape index (κ2) is 11.1. The molecule has 3 aromatic carbocycles. The number of benzene rings is 3. The van der Waals surface area contributed by atoms with Gasteiger partial charge in [0.1, 0.15) is 0 Å². The number of carbonyl (C=O) groups excluding carboxylic acids is 2. The summed E-state index contributed by atoms with van der Waals surface area (Å²) in [5, 5.41) is 21.4. The van der Waals surface area contributed by atoms with Crippen molar-refractivity contribution >= 4 is 44.0 Å². The molecule has 0 aliphatic rings. The molecule has 0 aliphatic heterocycles. The summed E-state index contributed by atoms with van der Waals surface area (Å²) < 4.78 is 10.8. The second-order valence-corrected chi connectivity index (χ2v) is 9.19. The van der Waals surface area contributed by atoms with Crippen LogP contribution in [0, 0.1) is 23.8 Å². The molecule has 0 saturated heterocycles. The minimum absolute atomic E-state index is 0.00708. The Morgan fingerprint density at radius 2 is 1.03 bits per heavy atom. The second-order valence-electron chi connectivity index (χ2n) is 5.99. The molecule has 0 bridgehead atoms. The Kier molecular flexibility index (Phi) is 7.96. The third-order valence-corrected chi connectivity index (χ3v) is 6.62. The fourth-order valence-electron chi connectivity index (χ4n) is 2.25. The van der Waals surface area contributed by atoms with Gasteiger partial charge in [-0.25, -0.2) is 0 Å². The standard InChI is InChI=1S/C20H13IN2O10/c24-19(14-6-10-17(11-7-14)22(26)27)30-32-21(16-4-2-1-3-5-16)33-31-20(25)15-8-12-18(13-9-15)23(28)29/h1-13H. The van der Waals surface area contributed by atoms with Crippen molar-refractivity contribution in [1.82, 2.24) is 0 Å². The predicted molar refractivity (Wildman–Crippen MR) is 118 cm³/mol. The van der Waals surface area contributed by atoms with E-state index in [0.29, 0.717) is 3.57 Å². The molecule has 0 radical (unpaired) electrons. The Balaban J connectivity index is 1.65. The average molecular weight is 568 g/mol. The molecule has 33 heavy (non-hydrogen) atoms. The van der Waals surface area contributed by atoms with E-state index in [1.165, 1.54) is 24.3 Å². The van der Waals surface area contributed by atoms with E-state index < -0.39 is 42.4 Å². The molecule has 0 atom stereocenters. The van der Waals surface area contributed by atoms with Crippen LogP contribution >= 0.6 is 20.6 Å². The first-order chi connectivity index (χ1) is 15.8. The van der Waals surface area contributed by atoms with Crippen LogP contribution in [0.4, 0.5) is 11.4 Å². The minimum atomic E-state index is -3.31. The first kappa shape index (κ1) is 23.7. The van der Waals surface area contributed by atoms with Crippen molar-refractivity contribution in [2.75, 3.05) is 0 Å². The Morgan fingerprint density at radius 3 is 1.39 bits per heavy atom. The molecule has 13 heteroatoms. The summed E-state index contributed by atoms with van der Waals surface area (Å²) in [6.45, 7) is 0. The van der Waals surface area contributed by atoms with Gasteiger partial charge in [0.05, 0.1) is 0 Å². The Bertz CT molecular complexity index is 1080. The zero-order chi connectivity index (χ0) is 23.8. The normalized spacial score (nSPS) is 10.7. The number of halogens is 1. The van der Waals surface area contributed by atoms with Crippen LogP contribution in [0.25, 0.3) is 0 Å². The van der Waals surface area contributed by atoms with Crippen LogP contribution in [0.2, 0.25) is 0 Å². The van der Waals surface area contributed by atoms with Gasteiger partial charge in [-0.05, 0) is 0 Å². The summed E-state index contributed by atoms with van der Waals surface area (Å²) in [6.07, 6.45) is 0. The maximum absolute atomic E-state index is 12.2. The number of nitrogens with zero attached hydrogens (tertiary/aromatic N) is 2. The summed E-state index contributed by atoms with van der Waals surface area (Å²) >= 11 is -3.31. The molecular weight excluding hydrogens is 555 g/mol. The fraction of sp³-hybridized carbons (Fsp3) is 0. The predicted octanol–water partition coefficient (Wildman–Crippen LogP) is 4.59. The van der Waals surface area contributed by atoms with E-state index in [-0.39, 0.29) is 22.5 Å². The third kappa shape index (κ3) is 6.52. The summed E-state index contributed by atoms with van der Waals surface area (Å²) in [6, 6.07) is 17.6. The Morgan fingerprint density at radius 1 is 0.636 bits per heavy atom. The van der Waals surface area contributed by atoms with Gasteiger partial charge in [-0.2, -0.15) is 0 Å². The number of rotatable bonds is 9.